The van der Waals surface area contributed by atoms with Crippen LogP contribution in [0.4, 0.5) is 23.2 Å². The van der Waals surface area contributed by atoms with Gasteiger partial charge < -0.3 is 20.2 Å². The highest BCUT2D eigenvalue weighted by Gasteiger charge is 2.36. The molecule has 1 aromatic heterocycles. The van der Waals surface area contributed by atoms with Crippen molar-refractivity contribution in [2.75, 3.05) is 11.9 Å². The number of rotatable bonds is 5. The lowest BCUT2D eigenvalue weighted by atomic mass is 10.1. The highest BCUT2D eigenvalue weighted by atomic mass is 19.4. The monoisotopic (exact) mass is 423 g/mol. The number of carbonyl (C=O) groups is 1. The molecule has 2 heterocycles. The minimum atomic E-state index is -4.60. The number of benzene rings is 1. The van der Waals surface area contributed by atoms with Gasteiger partial charge in [0.05, 0.1) is 5.70 Å². The van der Waals surface area contributed by atoms with Gasteiger partial charge in [-0.25, -0.2) is 9.37 Å². The van der Waals surface area contributed by atoms with Gasteiger partial charge in [-0.2, -0.15) is 13.2 Å². The van der Waals surface area contributed by atoms with Gasteiger partial charge in [-0.3, -0.25) is 4.79 Å². The third kappa shape index (κ3) is 4.37. The summed E-state index contributed by atoms with van der Waals surface area (Å²) in [7, 11) is 0. The molecule has 0 fully saturated rings. The molecule has 30 heavy (non-hydrogen) atoms. The summed E-state index contributed by atoms with van der Waals surface area (Å²) < 4.78 is 53.2. The lowest BCUT2D eigenvalue weighted by Gasteiger charge is -2.33. The molecule has 1 aliphatic heterocycles. The summed E-state index contributed by atoms with van der Waals surface area (Å²) in [5, 5.41) is 10.9. The van der Waals surface area contributed by atoms with Gasteiger partial charge in [0.1, 0.15) is 17.7 Å². The first-order valence-electron chi connectivity index (χ1n) is 9.32. The maximum Gasteiger partial charge on any atom is 0.434 e. The first-order valence-corrected chi connectivity index (χ1v) is 9.32. The molecule has 2 N–H and O–H groups in total. The predicted octanol–water partition coefficient (Wildman–Crippen LogP) is 4.51. The fourth-order valence-electron chi connectivity index (χ4n) is 3.41. The van der Waals surface area contributed by atoms with E-state index in [1.54, 1.807) is 12.1 Å². The van der Waals surface area contributed by atoms with Gasteiger partial charge in [0, 0.05) is 30.3 Å². The molecular formula is C20H21F4N5O. The van der Waals surface area contributed by atoms with Crippen LogP contribution < -0.4 is 5.32 Å². The van der Waals surface area contributed by atoms with Crippen molar-refractivity contribution in [3.63, 3.8) is 0 Å². The van der Waals surface area contributed by atoms with Crippen LogP contribution in [0.1, 0.15) is 37.3 Å². The van der Waals surface area contributed by atoms with Gasteiger partial charge in [0.2, 0.25) is 5.91 Å². The molecule has 1 aliphatic rings. The summed E-state index contributed by atoms with van der Waals surface area (Å²) in [6.45, 7) is 3.24. The normalized spacial score (nSPS) is 15.9. The van der Waals surface area contributed by atoms with Crippen LogP contribution in [0.5, 0.6) is 0 Å². The number of alkyl halides is 3. The molecule has 0 saturated carbocycles. The Morgan fingerprint density at radius 3 is 2.53 bits per heavy atom. The van der Waals surface area contributed by atoms with Crippen LogP contribution in [-0.2, 0) is 11.0 Å². The molecule has 1 amide bonds. The Kier molecular flexibility index (Phi) is 5.95. The SMILES string of the molecule is Cc1nc(C(F)(F)F)cn1C(C)C(=O)N1CCCC(Nc2ccc(F)cc2)=C1C=N. The molecule has 0 saturated heterocycles. The van der Waals surface area contributed by atoms with Crippen LogP contribution in [0.15, 0.2) is 41.9 Å². The molecule has 0 bridgehead atoms. The Hall–Kier alpha value is -3.17. The zero-order chi connectivity index (χ0) is 22.1. The number of allylic oxidation sites excluding steroid dienone is 2. The molecule has 0 spiro atoms. The Morgan fingerprint density at radius 1 is 1.30 bits per heavy atom. The number of carbonyl (C=O) groups excluding carboxylic acids is 1. The van der Waals surface area contributed by atoms with Crippen molar-refractivity contribution in [2.24, 2.45) is 0 Å². The van der Waals surface area contributed by atoms with E-state index in [2.05, 4.69) is 10.3 Å². The van der Waals surface area contributed by atoms with Crippen LogP contribution in [0.25, 0.3) is 0 Å². The average molecular weight is 423 g/mol. The summed E-state index contributed by atoms with van der Waals surface area (Å²) in [4.78, 5) is 18.0. The van der Waals surface area contributed by atoms with Crippen LogP contribution >= 0.6 is 0 Å². The predicted molar refractivity (Wildman–Crippen MR) is 103 cm³/mol. The molecule has 1 atom stereocenters. The van der Waals surface area contributed by atoms with Crippen molar-refractivity contribution in [1.82, 2.24) is 14.5 Å². The number of anilines is 1. The zero-order valence-corrected chi connectivity index (χ0v) is 16.4. The highest BCUT2D eigenvalue weighted by molar-refractivity contribution is 5.90. The van der Waals surface area contributed by atoms with Crippen molar-refractivity contribution in [2.45, 2.75) is 38.9 Å². The number of hydrogen-bond donors (Lipinski definition) is 2. The molecule has 1 aromatic carbocycles. The second-order valence-corrected chi connectivity index (χ2v) is 6.99. The van der Waals surface area contributed by atoms with Gasteiger partial charge in [-0.1, -0.05) is 0 Å². The number of nitrogens with one attached hydrogen (secondary N) is 2. The molecule has 2 aromatic rings. The van der Waals surface area contributed by atoms with Crippen molar-refractivity contribution in [3.05, 3.63) is 59.2 Å². The second kappa shape index (κ2) is 8.29. The van der Waals surface area contributed by atoms with E-state index in [0.717, 1.165) is 12.4 Å². The van der Waals surface area contributed by atoms with E-state index in [4.69, 9.17) is 5.41 Å². The summed E-state index contributed by atoms with van der Waals surface area (Å²) in [5.74, 6) is -0.754. The van der Waals surface area contributed by atoms with E-state index in [9.17, 15) is 22.4 Å². The largest absolute Gasteiger partial charge is 0.434 e. The summed E-state index contributed by atoms with van der Waals surface area (Å²) in [6, 6.07) is 4.73. The maximum absolute atomic E-state index is 13.1. The molecule has 0 radical (unpaired) electrons. The first kappa shape index (κ1) is 21.5. The van der Waals surface area contributed by atoms with E-state index in [1.165, 1.54) is 35.4 Å². The van der Waals surface area contributed by atoms with Gasteiger partial charge in [-0.05, 0) is 51.0 Å². The van der Waals surface area contributed by atoms with Gasteiger partial charge in [0.15, 0.2) is 5.69 Å². The minimum absolute atomic E-state index is 0.0743. The fraction of sp³-hybridized carbons (Fsp3) is 0.350. The van der Waals surface area contributed by atoms with Crippen molar-refractivity contribution >= 4 is 17.8 Å². The third-order valence-corrected chi connectivity index (χ3v) is 4.93. The molecule has 1 unspecified atom stereocenters. The zero-order valence-electron chi connectivity index (χ0n) is 16.4. The maximum atomic E-state index is 13.1. The van der Waals surface area contributed by atoms with E-state index in [-0.39, 0.29) is 11.6 Å². The van der Waals surface area contributed by atoms with E-state index < -0.39 is 23.8 Å². The van der Waals surface area contributed by atoms with Gasteiger partial charge in [0.25, 0.3) is 0 Å². The molecule has 0 aliphatic carbocycles. The van der Waals surface area contributed by atoms with Crippen LogP contribution in [-0.4, -0.2) is 33.1 Å². The average Bonchev–Trinajstić information content (AvgIpc) is 3.10. The highest BCUT2D eigenvalue weighted by Crippen LogP contribution is 2.31. The van der Waals surface area contributed by atoms with E-state index in [1.807, 2.05) is 0 Å². The number of nitrogens with zero attached hydrogens (tertiary/aromatic N) is 3. The summed E-state index contributed by atoms with van der Waals surface area (Å²) >= 11 is 0. The molecule has 6 nitrogen and oxygen atoms in total. The number of aryl methyl sites for hydroxylation is 1. The second-order valence-electron chi connectivity index (χ2n) is 6.99. The number of imidazole rings is 1. The smallest absolute Gasteiger partial charge is 0.357 e. The number of amides is 1. The van der Waals surface area contributed by atoms with Crippen LogP contribution in [0.2, 0.25) is 0 Å². The summed E-state index contributed by atoms with van der Waals surface area (Å²) in [6.07, 6.45) is -1.56. The van der Waals surface area contributed by atoms with E-state index in [0.29, 0.717) is 36.5 Å². The van der Waals surface area contributed by atoms with Crippen LogP contribution in [0.3, 0.4) is 0 Å². The van der Waals surface area contributed by atoms with Crippen molar-refractivity contribution in [3.8, 4) is 0 Å². The fourth-order valence-corrected chi connectivity index (χ4v) is 3.41. The Morgan fingerprint density at radius 2 is 1.97 bits per heavy atom. The van der Waals surface area contributed by atoms with Crippen molar-refractivity contribution in [1.29, 1.82) is 5.41 Å². The first-order chi connectivity index (χ1) is 14.1. The van der Waals surface area contributed by atoms with Gasteiger partial charge in [-0.15, -0.1) is 0 Å². The Balaban J connectivity index is 1.88. The molecular weight excluding hydrogens is 402 g/mol. The van der Waals surface area contributed by atoms with Crippen molar-refractivity contribution < 1.29 is 22.4 Å². The standard InChI is InChI=1S/C20H21F4N5O/c1-12(29-11-18(20(22,23)24)26-13(29)2)19(30)28-9-3-4-16(17(28)10-25)27-15-7-5-14(21)6-8-15/h5-8,10-12,25,27H,3-4,9H2,1-2H3. The lowest BCUT2D eigenvalue weighted by molar-refractivity contribution is -0.141. The van der Waals surface area contributed by atoms with Crippen LogP contribution in [0, 0.1) is 18.2 Å². The molecule has 10 heteroatoms. The Labute approximate surface area is 170 Å². The minimum Gasteiger partial charge on any atom is -0.357 e. The number of aromatic nitrogens is 2. The molecule has 3 rings (SSSR count). The topological polar surface area (TPSA) is 74.0 Å². The lowest BCUT2D eigenvalue weighted by Crippen LogP contribution is -2.40. The quantitative estimate of drug-likeness (QED) is 0.549. The number of hydrogen-bond acceptors (Lipinski definition) is 4. The van der Waals surface area contributed by atoms with E-state index >= 15 is 0 Å². The Bertz CT molecular complexity index is 978. The number of halogens is 4. The third-order valence-electron chi connectivity index (χ3n) is 4.93. The summed E-state index contributed by atoms with van der Waals surface area (Å²) in [5.41, 5.74) is 0.492. The van der Waals surface area contributed by atoms with Gasteiger partial charge >= 0.3 is 6.18 Å². The molecule has 160 valence electrons.